The van der Waals surface area contributed by atoms with Gasteiger partial charge in [0.1, 0.15) is 18.2 Å². The van der Waals surface area contributed by atoms with Gasteiger partial charge in [0, 0.05) is 44.4 Å². The van der Waals surface area contributed by atoms with Crippen molar-refractivity contribution in [3.8, 4) is 11.5 Å². The van der Waals surface area contributed by atoms with Crippen LogP contribution in [0.25, 0.3) is 0 Å². The second-order valence-corrected chi connectivity index (χ2v) is 13.9. The lowest BCUT2D eigenvalue weighted by molar-refractivity contribution is -0.154. The number of rotatable bonds is 19. The first-order valence-electron chi connectivity index (χ1n) is 19.0. The summed E-state index contributed by atoms with van der Waals surface area (Å²) in [6.07, 6.45) is 7.69. The molecule has 278 valence electrons. The van der Waals surface area contributed by atoms with Gasteiger partial charge in [-0.15, -0.1) is 0 Å². The zero-order chi connectivity index (χ0) is 36.4. The van der Waals surface area contributed by atoms with Crippen molar-refractivity contribution >= 4 is 17.3 Å². The first kappa shape index (κ1) is 38.5. The van der Waals surface area contributed by atoms with Crippen LogP contribution in [0.5, 0.6) is 11.5 Å². The van der Waals surface area contributed by atoms with Gasteiger partial charge in [-0.25, -0.2) is 8.78 Å². The highest BCUT2D eigenvalue weighted by Crippen LogP contribution is 2.59. The number of ether oxygens (including phenoxy) is 4. The standard InChI is InChI=1S/C42H56F2N2O5/c1-6-10-24-49-38(50-25-11-7-2)26-30-20-22-45(23-21-30)36-28-37(48-5)32(27-34(36)44)40-42(8-3,9-4)41(47)46(40)35-19-15-18-33(43)39(35)51-29-31-16-13-12-14-17-31/h12-19,27-28,30,38,40H,6-11,20-26,29H2,1-5H3. The van der Waals surface area contributed by atoms with Gasteiger partial charge < -0.3 is 23.8 Å². The van der Waals surface area contributed by atoms with E-state index in [1.807, 2.05) is 44.2 Å². The van der Waals surface area contributed by atoms with Crippen molar-refractivity contribution in [3.05, 3.63) is 83.4 Å². The average molecular weight is 707 g/mol. The van der Waals surface area contributed by atoms with E-state index < -0.39 is 17.3 Å². The molecule has 0 N–H and O–H groups in total. The fraction of sp³-hybridized carbons (Fsp3) is 0.548. The van der Waals surface area contributed by atoms with Crippen LogP contribution >= 0.6 is 0 Å². The molecule has 5 rings (SSSR count). The molecule has 3 aromatic rings. The maximum Gasteiger partial charge on any atom is 0.236 e. The lowest BCUT2D eigenvalue weighted by Crippen LogP contribution is -2.63. The van der Waals surface area contributed by atoms with Crippen molar-refractivity contribution in [2.75, 3.05) is 43.2 Å². The lowest BCUT2D eigenvalue weighted by Gasteiger charge is -2.56. The van der Waals surface area contributed by atoms with E-state index in [1.54, 1.807) is 30.2 Å². The molecule has 1 unspecified atom stereocenters. The summed E-state index contributed by atoms with van der Waals surface area (Å²) in [4.78, 5) is 17.8. The Balaban J connectivity index is 1.38. The topological polar surface area (TPSA) is 60.5 Å². The molecule has 2 heterocycles. The van der Waals surface area contributed by atoms with Crippen molar-refractivity contribution in [2.45, 2.75) is 104 Å². The van der Waals surface area contributed by atoms with Gasteiger partial charge in [0.05, 0.1) is 29.9 Å². The minimum atomic E-state index is -0.808. The van der Waals surface area contributed by atoms with Gasteiger partial charge in [-0.3, -0.25) is 9.69 Å². The van der Waals surface area contributed by atoms with Crippen molar-refractivity contribution in [1.82, 2.24) is 0 Å². The smallest absolute Gasteiger partial charge is 0.236 e. The molecule has 1 atom stereocenters. The van der Waals surface area contributed by atoms with Gasteiger partial charge >= 0.3 is 0 Å². The molecule has 2 saturated heterocycles. The van der Waals surface area contributed by atoms with Crippen LogP contribution in [0.1, 0.15) is 103 Å². The van der Waals surface area contributed by atoms with E-state index in [1.165, 1.54) is 12.1 Å². The number of hydrogen-bond donors (Lipinski definition) is 0. The summed E-state index contributed by atoms with van der Waals surface area (Å²) >= 11 is 0. The molecule has 0 aliphatic carbocycles. The normalized spacial score (nSPS) is 17.6. The Morgan fingerprint density at radius 3 is 2.12 bits per heavy atom. The Morgan fingerprint density at radius 2 is 1.51 bits per heavy atom. The van der Waals surface area contributed by atoms with E-state index in [2.05, 4.69) is 18.7 Å². The molecule has 1 amide bonds. The second kappa shape index (κ2) is 18.2. The Hall–Kier alpha value is -3.69. The third-order valence-electron chi connectivity index (χ3n) is 10.8. The zero-order valence-corrected chi connectivity index (χ0v) is 31.1. The van der Waals surface area contributed by atoms with E-state index in [0.717, 1.165) is 50.5 Å². The summed E-state index contributed by atoms with van der Waals surface area (Å²) < 4.78 is 56.0. The molecule has 0 radical (unpaired) electrons. The Morgan fingerprint density at radius 1 is 0.843 bits per heavy atom. The number of β-lactam (4-membered cyclic amide) rings is 1. The third kappa shape index (κ3) is 8.52. The number of benzene rings is 3. The highest BCUT2D eigenvalue weighted by molar-refractivity contribution is 6.07. The summed E-state index contributed by atoms with van der Waals surface area (Å²) in [6.45, 7) is 11.2. The predicted molar refractivity (Wildman–Crippen MR) is 198 cm³/mol. The summed E-state index contributed by atoms with van der Waals surface area (Å²) in [5.41, 5.74) is 1.43. The predicted octanol–water partition coefficient (Wildman–Crippen LogP) is 10.0. The Labute approximate surface area is 303 Å². The van der Waals surface area contributed by atoms with E-state index in [0.29, 0.717) is 67.8 Å². The molecule has 0 aromatic heterocycles. The van der Waals surface area contributed by atoms with Crippen LogP contribution in [0.15, 0.2) is 60.7 Å². The maximum absolute atomic E-state index is 16.3. The monoisotopic (exact) mass is 706 g/mol. The van der Waals surface area contributed by atoms with Gasteiger partial charge in [0.15, 0.2) is 17.9 Å². The number of carbonyl (C=O) groups excluding carboxylic acids is 1. The molecule has 2 aliphatic heterocycles. The van der Waals surface area contributed by atoms with Crippen LogP contribution in [0.4, 0.5) is 20.2 Å². The number of hydrogen-bond acceptors (Lipinski definition) is 6. The number of methoxy groups -OCH3 is 1. The molecule has 3 aromatic carbocycles. The Bertz CT molecular complexity index is 1550. The van der Waals surface area contributed by atoms with Gasteiger partial charge in [-0.2, -0.15) is 0 Å². The van der Waals surface area contributed by atoms with Crippen LogP contribution in [0, 0.1) is 23.0 Å². The fourth-order valence-electron chi connectivity index (χ4n) is 7.61. The van der Waals surface area contributed by atoms with Crippen LogP contribution in [-0.2, 0) is 20.9 Å². The molecule has 51 heavy (non-hydrogen) atoms. The highest BCUT2D eigenvalue weighted by Gasteiger charge is 2.61. The molecular weight excluding hydrogens is 650 g/mol. The van der Waals surface area contributed by atoms with Crippen LogP contribution in [-0.4, -0.2) is 45.6 Å². The summed E-state index contributed by atoms with van der Waals surface area (Å²) in [5.74, 6) is -0.159. The maximum atomic E-state index is 16.3. The van der Waals surface area contributed by atoms with Gasteiger partial charge in [-0.1, -0.05) is 76.9 Å². The number of piperidine rings is 1. The summed E-state index contributed by atoms with van der Waals surface area (Å²) in [5, 5.41) is 0. The Kier molecular flexibility index (Phi) is 13.7. The molecule has 0 spiro atoms. The molecule has 9 heteroatoms. The highest BCUT2D eigenvalue weighted by atomic mass is 19.1. The van der Waals surface area contributed by atoms with Crippen molar-refractivity contribution in [2.24, 2.45) is 11.3 Å². The molecule has 7 nitrogen and oxygen atoms in total. The number of amides is 1. The number of nitrogens with zero attached hydrogens (tertiary/aromatic N) is 2. The summed E-state index contributed by atoms with van der Waals surface area (Å²) in [7, 11) is 1.57. The number of halogens is 2. The quantitative estimate of drug-likeness (QED) is 0.0703. The molecule has 0 bridgehead atoms. The minimum Gasteiger partial charge on any atom is -0.496 e. The van der Waals surface area contributed by atoms with E-state index in [9.17, 15) is 4.79 Å². The van der Waals surface area contributed by atoms with Gasteiger partial charge in [0.25, 0.3) is 0 Å². The van der Waals surface area contributed by atoms with Crippen molar-refractivity contribution in [1.29, 1.82) is 0 Å². The number of unbranched alkanes of at least 4 members (excludes halogenated alkanes) is 2. The average Bonchev–Trinajstić information content (AvgIpc) is 3.15. The first-order valence-corrected chi connectivity index (χ1v) is 19.0. The molecule has 2 fully saturated rings. The largest absolute Gasteiger partial charge is 0.496 e. The van der Waals surface area contributed by atoms with E-state index in [-0.39, 0.29) is 30.4 Å². The van der Waals surface area contributed by atoms with Gasteiger partial charge in [-0.05, 0) is 68.2 Å². The third-order valence-corrected chi connectivity index (χ3v) is 10.8. The zero-order valence-electron chi connectivity index (χ0n) is 31.1. The van der Waals surface area contributed by atoms with Crippen LogP contribution in [0.2, 0.25) is 0 Å². The second-order valence-electron chi connectivity index (χ2n) is 13.9. The fourth-order valence-corrected chi connectivity index (χ4v) is 7.61. The van der Waals surface area contributed by atoms with Gasteiger partial charge in [0.2, 0.25) is 5.91 Å². The molecule has 2 aliphatic rings. The van der Waals surface area contributed by atoms with Crippen molar-refractivity contribution in [3.63, 3.8) is 0 Å². The lowest BCUT2D eigenvalue weighted by atomic mass is 9.64. The van der Waals surface area contributed by atoms with Crippen LogP contribution in [0.3, 0.4) is 0 Å². The first-order chi connectivity index (χ1) is 24.8. The number of carbonyl (C=O) groups is 1. The van der Waals surface area contributed by atoms with Crippen LogP contribution < -0.4 is 19.3 Å². The van der Waals surface area contributed by atoms with E-state index >= 15 is 8.78 Å². The van der Waals surface area contributed by atoms with Crippen molar-refractivity contribution < 1.29 is 32.5 Å². The molecular formula is C42H56F2N2O5. The number of anilines is 2. The number of para-hydroxylation sites is 1. The summed E-state index contributed by atoms with van der Waals surface area (Å²) in [6, 6.07) is 16.8. The molecule has 0 saturated carbocycles. The minimum absolute atomic E-state index is 0.00629. The SMILES string of the molecule is CCCCOC(CC1CCN(c2cc(OC)c(C3N(c4cccc(F)c4OCc4ccccc4)C(=O)C3(CC)CC)cc2F)CC1)OCCCC. The van der Waals surface area contributed by atoms with E-state index in [4.69, 9.17) is 18.9 Å².